The van der Waals surface area contributed by atoms with E-state index in [1.807, 2.05) is 0 Å². The fraction of sp³-hybridized carbons (Fsp3) is 0.455. The van der Waals surface area contributed by atoms with Gasteiger partial charge in [-0.1, -0.05) is 18.2 Å². The van der Waals surface area contributed by atoms with E-state index in [0.29, 0.717) is 0 Å². The smallest absolute Gasteiger partial charge is 0.0402 e. The third-order valence-corrected chi connectivity index (χ3v) is 2.53. The Hall–Kier alpha value is -0.980. The molecule has 0 spiro atoms. The normalized spacial score (nSPS) is 16.1. The van der Waals surface area contributed by atoms with Gasteiger partial charge in [0.15, 0.2) is 0 Å². The van der Waals surface area contributed by atoms with Gasteiger partial charge in [0.1, 0.15) is 0 Å². The molecule has 0 unspecified atom stereocenters. The molecule has 1 aliphatic rings. The van der Waals surface area contributed by atoms with E-state index < -0.39 is 0 Å². The molecular formula is C11H15N. The summed E-state index contributed by atoms with van der Waals surface area (Å²) in [5.74, 6) is 0. The highest BCUT2D eigenvalue weighted by Crippen LogP contribution is 2.24. The summed E-state index contributed by atoms with van der Waals surface area (Å²) in [4.78, 5) is 0. The van der Waals surface area contributed by atoms with Crippen LogP contribution in [0.3, 0.4) is 0 Å². The van der Waals surface area contributed by atoms with Gasteiger partial charge in [0, 0.05) is 12.2 Å². The fourth-order valence-electron chi connectivity index (χ4n) is 1.84. The molecule has 1 aromatic rings. The highest BCUT2D eigenvalue weighted by atomic mass is 14.9. The van der Waals surface area contributed by atoms with Gasteiger partial charge in [-0.05, 0) is 37.3 Å². The monoisotopic (exact) mass is 161 g/mol. The Balaban J connectivity index is 2.42. The molecule has 0 aromatic heterocycles. The lowest BCUT2D eigenvalue weighted by atomic mass is 10.0. The van der Waals surface area contributed by atoms with Crippen molar-refractivity contribution in [3.63, 3.8) is 0 Å². The average molecular weight is 161 g/mol. The van der Waals surface area contributed by atoms with Gasteiger partial charge in [-0.15, -0.1) is 0 Å². The number of rotatable bonds is 0. The van der Waals surface area contributed by atoms with Gasteiger partial charge >= 0.3 is 0 Å². The summed E-state index contributed by atoms with van der Waals surface area (Å²) in [5.41, 5.74) is 4.26. The lowest BCUT2D eigenvalue weighted by Crippen LogP contribution is -2.01. The molecule has 0 bridgehead atoms. The van der Waals surface area contributed by atoms with Crippen LogP contribution in [-0.4, -0.2) is 6.54 Å². The number of fused-ring (bicyclic) bond motifs is 1. The predicted octanol–water partition coefficient (Wildman–Crippen LogP) is 2.74. The van der Waals surface area contributed by atoms with Gasteiger partial charge < -0.3 is 5.32 Å². The molecule has 0 amide bonds. The topological polar surface area (TPSA) is 12.0 Å². The average Bonchev–Trinajstić information content (AvgIpc) is 2.30. The summed E-state index contributed by atoms with van der Waals surface area (Å²) in [6, 6.07) is 6.57. The molecule has 12 heavy (non-hydrogen) atoms. The first-order valence-corrected chi connectivity index (χ1v) is 4.70. The molecule has 64 valence electrons. The summed E-state index contributed by atoms with van der Waals surface area (Å²) < 4.78 is 0. The number of benzene rings is 1. The first-order chi connectivity index (χ1) is 5.88. The summed E-state index contributed by atoms with van der Waals surface area (Å²) in [5, 5.41) is 3.49. The zero-order chi connectivity index (χ0) is 8.39. The highest BCUT2D eigenvalue weighted by Gasteiger charge is 2.07. The van der Waals surface area contributed by atoms with Crippen LogP contribution >= 0.6 is 0 Å². The van der Waals surface area contributed by atoms with Crippen LogP contribution in [-0.2, 0) is 6.42 Å². The van der Waals surface area contributed by atoms with Gasteiger partial charge in [-0.2, -0.15) is 0 Å². The lowest BCUT2D eigenvalue weighted by molar-refractivity contribution is 0.785. The number of anilines is 1. The molecule has 1 N–H and O–H groups in total. The molecule has 0 radical (unpaired) electrons. The van der Waals surface area contributed by atoms with Crippen molar-refractivity contribution in [1.82, 2.24) is 0 Å². The molecule has 1 aliphatic heterocycles. The SMILES string of the molecule is Cc1cccc2c1NCCCC2. The Morgan fingerprint density at radius 3 is 3.08 bits per heavy atom. The highest BCUT2D eigenvalue weighted by molar-refractivity contribution is 5.57. The van der Waals surface area contributed by atoms with Crippen molar-refractivity contribution >= 4 is 5.69 Å². The second kappa shape index (κ2) is 3.18. The van der Waals surface area contributed by atoms with Crippen LogP contribution in [0.1, 0.15) is 24.0 Å². The van der Waals surface area contributed by atoms with Crippen LogP contribution in [0.2, 0.25) is 0 Å². The Kier molecular flexibility index (Phi) is 2.03. The predicted molar refractivity (Wildman–Crippen MR) is 52.6 cm³/mol. The second-order valence-corrected chi connectivity index (χ2v) is 3.49. The van der Waals surface area contributed by atoms with Crippen LogP contribution in [0, 0.1) is 6.92 Å². The minimum absolute atomic E-state index is 1.14. The largest absolute Gasteiger partial charge is 0.385 e. The van der Waals surface area contributed by atoms with Crippen molar-refractivity contribution in [2.45, 2.75) is 26.2 Å². The van der Waals surface area contributed by atoms with E-state index in [1.54, 1.807) is 0 Å². The molecule has 1 heterocycles. The zero-order valence-electron chi connectivity index (χ0n) is 7.56. The molecule has 1 aromatic carbocycles. The quantitative estimate of drug-likeness (QED) is 0.617. The Morgan fingerprint density at radius 1 is 1.25 bits per heavy atom. The molecule has 1 heteroatoms. The first-order valence-electron chi connectivity index (χ1n) is 4.70. The summed E-state index contributed by atoms with van der Waals surface area (Å²) in [6.45, 7) is 3.31. The summed E-state index contributed by atoms with van der Waals surface area (Å²) >= 11 is 0. The molecule has 0 fully saturated rings. The minimum Gasteiger partial charge on any atom is -0.385 e. The van der Waals surface area contributed by atoms with Crippen molar-refractivity contribution < 1.29 is 0 Å². The number of hydrogen-bond donors (Lipinski definition) is 1. The van der Waals surface area contributed by atoms with Gasteiger partial charge in [0.2, 0.25) is 0 Å². The van der Waals surface area contributed by atoms with Gasteiger partial charge in [-0.3, -0.25) is 0 Å². The van der Waals surface area contributed by atoms with Crippen molar-refractivity contribution in [1.29, 1.82) is 0 Å². The van der Waals surface area contributed by atoms with Gasteiger partial charge in [-0.25, -0.2) is 0 Å². The van der Waals surface area contributed by atoms with E-state index in [4.69, 9.17) is 0 Å². The van der Waals surface area contributed by atoms with Crippen molar-refractivity contribution in [2.75, 3.05) is 11.9 Å². The molecule has 1 nitrogen and oxygen atoms in total. The number of aryl methyl sites for hydroxylation is 2. The fourth-order valence-corrected chi connectivity index (χ4v) is 1.84. The summed E-state index contributed by atoms with van der Waals surface area (Å²) in [6.07, 6.45) is 3.86. The maximum atomic E-state index is 3.49. The molecule has 0 atom stereocenters. The zero-order valence-corrected chi connectivity index (χ0v) is 7.56. The maximum absolute atomic E-state index is 3.49. The lowest BCUT2D eigenvalue weighted by Gasteiger charge is -2.09. The Labute approximate surface area is 73.8 Å². The van der Waals surface area contributed by atoms with Gasteiger partial charge in [0.25, 0.3) is 0 Å². The van der Waals surface area contributed by atoms with Crippen molar-refractivity contribution in [3.8, 4) is 0 Å². The van der Waals surface area contributed by atoms with Crippen LogP contribution in [0.15, 0.2) is 18.2 Å². The van der Waals surface area contributed by atoms with Crippen LogP contribution < -0.4 is 5.32 Å². The standard InChI is InChI=1S/C11H15N/c1-9-5-4-7-10-6-2-3-8-12-11(9)10/h4-5,7,12H,2-3,6,8H2,1H3. The third kappa shape index (κ3) is 1.31. The van der Waals surface area contributed by atoms with Crippen LogP contribution in [0.5, 0.6) is 0 Å². The number of para-hydroxylation sites is 1. The third-order valence-electron chi connectivity index (χ3n) is 2.53. The van der Waals surface area contributed by atoms with E-state index in [1.165, 1.54) is 36.1 Å². The molecule has 0 aliphatic carbocycles. The Bertz CT molecular complexity index is 278. The van der Waals surface area contributed by atoms with E-state index >= 15 is 0 Å². The van der Waals surface area contributed by atoms with E-state index in [2.05, 4.69) is 30.4 Å². The Morgan fingerprint density at radius 2 is 2.17 bits per heavy atom. The second-order valence-electron chi connectivity index (χ2n) is 3.49. The summed E-state index contributed by atoms with van der Waals surface area (Å²) in [7, 11) is 0. The van der Waals surface area contributed by atoms with E-state index in [0.717, 1.165) is 6.54 Å². The van der Waals surface area contributed by atoms with E-state index in [9.17, 15) is 0 Å². The van der Waals surface area contributed by atoms with Crippen LogP contribution in [0.25, 0.3) is 0 Å². The van der Waals surface area contributed by atoms with Crippen molar-refractivity contribution in [2.24, 2.45) is 0 Å². The molecular weight excluding hydrogens is 146 g/mol. The van der Waals surface area contributed by atoms with Gasteiger partial charge in [0.05, 0.1) is 0 Å². The van der Waals surface area contributed by atoms with Crippen molar-refractivity contribution in [3.05, 3.63) is 29.3 Å². The molecule has 0 saturated carbocycles. The molecule has 0 saturated heterocycles. The number of nitrogens with one attached hydrogen (secondary N) is 1. The first kappa shape index (κ1) is 7.66. The minimum atomic E-state index is 1.14. The number of hydrogen-bond acceptors (Lipinski definition) is 1. The molecule has 2 rings (SSSR count). The van der Waals surface area contributed by atoms with E-state index in [-0.39, 0.29) is 0 Å². The van der Waals surface area contributed by atoms with Crippen LogP contribution in [0.4, 0.5) is 5.69 Å². The maximum Gasteiger partial charge on any atom is 0.0402 e.